The van der Waals surface area contributed by atoms with E-state index in [0.717, 1.165) is 0 Å². The van der Waals surface area contributed by atoms with Gasteiger partial charge in [0.1, 0.15) is 48.3 Å². The highest BCUT2D eigenvalue weighted by Gasteiger charge is 2.36. The van der Waals surface area contributed by atoms with E-state index in [1.165, 1.54) is 13.8 Å². The van der Waals surface area contributed by atoms with Gasteiger partial charge in [-0.15, -0.1) is 0 Å². The third-order valence-electron chi connectivity index (χ3n) is 11.4. The maximum absolute atomic E-state index is 13.9. The Morgan fingerprint density at radius 2 is 0.951 bits per heavy atom. The van der Waals surface area contributed by atoms with Crippen LogP contribution < -0.4 is 81.8 Å². The average molecular weight is 1170 g/mol. The summed E-state index contributed by atoms with van der Waals surface area (Å²) in [5, 5.41) is 68.3. The average Bonchev–Trinajstić information content (AvgIpc) is 3.46. The molecule has 0 aliphatic heterocycles. The van der Waals surface area contributed by atoms with Crippen LogP contribution in [0.2, 0.25) is 0 Å². The lowest BCUT2D eigenvalue weighted by molar-refractivity contribution is -0.144. The molecule has 0 fully saturated rings. The van der Waals surface area contributed by atoms with E-state index in [1.807, 2.05) is 5.32 Å². The fourth-order valence-electron chi connectivity index (χ4n) is 7.16. The number of aliphatic hydroxyl groups is 1. The molecule has 25 N–H and O–H groups in total. The Bertz CT molecular complexity index is 2500. The van der Waals surface area contributed by atoms with Gasteiger partial charge >= 0.3 is 17.9 Å². The smallest absolute Gasteiger partial charge is 0.326 e. The molecule has 0 unspecified atom stereocenters. The van der Waals surface area contributed by atoms with E-state index in [2.05, 4.69) is 47.9 Å². The minimum Gasteiger partial charge on any atom is -0.481 e. The van der Waals surface area contributed by atoms with Crippen molar-refractivity contribution in [3.05, 3.63) is 35.9 Å². The van der Waals surface area contributed by atoms with Crippen molar-refractivity contribution in [2.24, 2.45) is 34.6 Å². The minimum absolute atomic E-state index is 0.0395. The van der Waals surface area contributed by atoms with Crippen LogP contribution in [0.1, 0.15) is 77.2 Å². The SMILES string of the molecule is CC(C)[C@H](NC(=O)[C@H](CO)NC(=O)CNC(=O)[C@H](CC(=O)O)NC(=O)[C@H](CCC(N)=O)NC(=O)[C@H](CCCNC(=N)N)NC(=O)[C@H](CC(N)=O)NC(=O)[C@@H](N)CCC(N)=O)C(=O)N[C@@H](CC(=O)O)C(=O)N[C@@H](Cc1ccccc1)C(=O)O. The Morgan fingerprint density at radius 3 is 1.44 bits per heavy atom. The van der Waals surface area contributed by atoms with Crippen LogP contribution in [-0.2, 0) is 78.3 Å². The first kappa shape index (κ1) is 70.5. The number of carboxylic acids is 3. The molecule has 35 heteroatoms. The van der Waals surface area contributed by atoms with Crippen molar-refractivity contribution in [3.63, 3.8) is 0 Å². The van der Waals surface area contributed by atoms with E-state index in [4.69, 9.17) is 34.1 Å². The quantitative estimate of drug-likeness (QED) is 0.0165. The summed E-state index contributed by atoms with van der Waals surface area (Å²) in [6.07, 6.45) is -5.45. The second kappa shape index (κ2) is 35.9. The second-order valence-corrected chi connectivity index (χ2v) is 18.6. The van der Waals surface area contributed by atoms with E-state index >= 15 is 0 Å². The maximum atomic E-state index is 13.9. The molecule has 12 amide bonds. The summed E-state index contributed by atoms with van der Waals surface area (Å²) >= 11 is 0. The van der Waals surface area contributed by atoms with Gasteiger partial charge in [0.25, 0.3) is 0 Å². The number of hydrogen-bond acceptors (Lipinski definition) is 18. The number of benzene rings is 1. The Kier molecular flexibility index (Phi) is 30.8. The summed E-state index contributed by atoms with van der Waals surface area (Å²) in [4.78, 5) is 191. The first-order chi connectivity index (χ1) is 38.3. The molecule has 82 heavy (non-hydrogen) atoms. The highest BCUT2D eigenvalue weighted by molar-refractivity contribution is 6.00. The molecule has 1 rings (SSSR count). The monoisotopic (exact) mass is 1160 g/mol. The van der Waals surface area contributed by atoms with Crippen LogP contribution in [0.15, 0.2) is 30.3 Å². The molecule has 35 nitrogen and oxygen atoms in total. The Balaban J connectivity index is 3.28. The van der Waals surface area contributed by atoms with Crippen molar-refractivity contribution in [3.8, 4) is 0 Å². The van der Waals surface area contributed by atoms with Gasteiger partial charge in [0.2, 0.25) is 70.9 Å². The van der Waals surface area contributed by atoms with Crippen LogP contribution in [-0.4, -0.2) is 189 Å². The normalized spacial score (nSPS) is 14.1. The number of rotatable bonds is 39. The number of hydrogen-bond donors (Lipinski definition) is 20. The van der Waals surface area contributed by atoms with Crippen molar-refractivity contribution < 1.29 is 92.3 Å². The van der Waals surface area contributed by atoms with Gasteiger partial charge in [-0.3, -0.25) is 72.5 Å². The Morgan fingerprint density at radius 1 is 0.500 bits per heavy atom. The molecule has 1 aromatic carbocycles. The number of nitrogens with two attached hydrogens (primary N) is 5. The third-order valence-corrected chi connectivity index (χ3v) is 11.4. The lowest BCUT2D eigenvalue weighted by Crippen LogP contribution is -2.60. The predicted molar refractivity (Wildman–Crippen MR) is 280 cm³/mol. The van der Waals surface area contributed by atoms with Gasteiger partial charge in [-0.1, -0.05) is 44.2 Å². The molecule has 454 valence electrons. The highest BCUT2D eigenvalue weighted by Crippen LogP contribution is 2.10. The van der Waals surface area contributed by atoms with Crippen molar-refractivity contribution >= 4 is 94.8 Å². The number of aliphatic hydroxyl groups excluding tert-OH is 1. The zero-order valence-corrected chi connectivity index (χ0v) is 44.7. The molecular formula is C47H72N16O19. The van der Waals surface area contributed by atoms with Gasteiger partial charge in [0, 0.05) is 25.8 Å². The second-order valence-electron chi connectivity index (χ2n) is 18.6. The van der Waals surface area contributed by atoms with Crippen LogP contribution in [0.5, 0.6) is 0 Å². The number of primary amides is 3. The zero-order chi connectivity index (χ0) is 62.4. The summed E-state index contributed by atoms with van der Waals surface area (Å²) in [6, 6.07) is -7.57. The Hall–Kier alpha value is -9.54. The van der Waals surface area contributed by atoms with E-state index in [1.54, 1.807) is 30.3 Å². The molecule has 0 aromatic heterocycles. The number of carbonyl (C=O) groups is 15. The van der Waals surface area contributed by atoms with E-state index in [0.29, 0.717) is 5.56 Å². The van der Waals surface area contributed by atoms with Crippen LogP contribution >= 0.6 is 0 Å². The lowest BCUT2D eigenvalue weighted by atomic mass is 10.0. The van der Waals surface area contributed by atoms with Gasteiger partial charge in [-0.05, 0) is 37.2 Å². The van der Waals surface area contributed by atoms with Gasteiger partial charge in [0.15, 0.2) is 5.96 Å². The number of carboxylic acid groups (broad SMARTS) is 3. The van der Waals surface area contributed by atoms with Crippen LogP contribution in [0.25, 0.3) is 0 Å². The number of nitrogens with one attached hydrogen (secondary N) is 11. The fourth-order valence-corrected chi connectivity index (χ4v) is 7.16. The third kappa shape index (κ3) is 27.9. The van der Waals surface area contributed by atoms with Crippen molar-refractivity contribution in [2.45, 2.75) is 132 Å². The standard InChI is InChI=1S/C47H72N16O19/c1-21(2)37(45(80)61-28(18-36(71)72)43(78)62-29(46(81)82)15-22-7-4-3-5-8-22)63-44(79)30(20-64)56-34(68)19-55-39(74)27(17-35(69)70)60-41(76)25(11-13-32(50)66)58-40(75)24(9-6-14-54-47(52)53)57-42(77)26(16-33(51)67)59-38(73)23(48)10-12-31(49)65/h3-5,7-8,21,23-30,37,64H,6,9-20,48H2,1-2H3,(H2,49,65)(H2,50,66)(H2,51,67)(H,55,74)(H,56,68)(H,57,77)(H,58,75)(H,59,73)(H,60,76)(H,61,80)(H,62,78)(H,63,79)(H,69,70)(H,71,72)(H,81,82)(H4,52,53,54)/t23-,24-,25-,26-,27-,28-,29-,30-,37-/m0/s1. The topological polar surface area (TPSA) is 611 Å². The van der Waals surface area contributed by atoms with E-state index in [9.17, 15) is 92.3 Å². The molecule has 0 spiro atoms. The molecule has 1 aromatic rings. The Labute approximate surface area is 467 Å². The first-order valence-corrected chi connectivity index (χ1v) is 25.0. The molecule has 0 saturated carbocycles. The number of guanidine groups is 1. The highest BCUT2D eigenvalue weighted by atomic mass is 16.4. The lowest BCUT2D eigenvalue weighted by Gasteiger charge is -2.27. The van der Waals surface area contributed by atoms with Gasteiger partial charge in [-0.2, -0.15) is 0 Å². The molecule has 0 heterocycles. The van der Waals surface area contributed by atoms with Crippen molar-refractivity contribution in [1.29, 1.82) is 5.41 Å². The van der Waals surface area contributed by atoms with Crippen LogP contribution in [0, 0.1) is 11.3 Å². The molecule has 0 bridgehead atoms. The van der Waals surface area contributed by atoms with Gasteiger partial charge in [-0.25, -0.2) is 4.79 Å². The molecular weight excluding hydrogens is 1090 g/mol. The molecule has 0 aliphatic rings. The molecule has 0 saturated heterocycles. The number of aliphatic carboxylic acids is 3. The fraction of sp³-hybridized carbons (Fsp3) is 0.532. The zero-order valence-electron chi connectivity index (χ0n) is 44.7. The molecule has 9 atom stereocenters. The molecule has 0 aliphatic carbocycles. The van der Waals surface area contributed by atoms with E-state index < -0.39 is 200 Å². The number of carbonyl (C=O) groups excluding carboxylic acids is 12. The van der Waals surface area contributed by atoms with Gasteiger partial charge < -0.3 is 102 Å². The van der Waals surface area contributed by atoms with E-state index in [-0.39, 0.29) is 38.6 Å². The van der Waals surface area contributed by atoms with Gasteiger partial charge in [0.05, 0.1) is 38.5 Å². The first-order valence-electron chi connectivity index (χ1n) is 25.0. The molecule has 0 radical (unpaired) electrons. The summed E-state index contributed by atoms with van der Waals surface area (Å²) < 4.78 is 0. The van der Waals surface area contributed by atoms with Crippen molar-refractivity contribution in [1.82, 2.24) is 53.2 Å². The minimum atomic E-state index is -2.06. The number of amides is 12. The van der Waals surface area contributed by atoms with Crippen LogP contribution in [0.4, 0.5) is 0 Å². The predicted octanol–water partition coefficient (Wildman–Crippen LogP) is -9.10. The van der Waals surface area contributed by atoms with Crippen molar-refractivity contribution in [2.75, 3.05) is 19.7 Å². The summed E-state index contributed by atoms with van der Waals surface area (Å²) in [6.45, 7) is 0.550. The summed E-state index contributed by atoms with van der Waals surface area (Å²) in [5.74, 6) is -19.8. The largest absolute Gasteiger partial charge is 0.481 e. The summed E-state index contributed by atoms with van der Waals surface area (Å²) in [7, 11) is 0. The maximum Gasteiger partial charge on any atom is 0.326 e. The summed E-state index contributed by atoms with van der Waals surface area (Å²) in [5.41, 5.74) is 27.3. The van der Waals surface area contributed by atoms with Crippen LogP contribution in [0.3, 0.4) is 0 Å².